The van der Waals surface area contributed by atoms with Crippen LogP contribution in [0.25, 0.3) is 22.0 Å². The van der Waals surface area contributed by atoms with Gasteiger partial charge in [-0.2, -0.15) is 0 Å². The summed E-state index contributed by atoms with van der Waals surface area (Å²) in [6.45, 7) is 4.43. The fraction of sp³-hybridized carbons (Fsp3) is 0.333. The van der Waals surface area contributed by atoms with Gasteiger partial charge in [-0.15, -0.1) is 4.31 Å². The first-order chi connectivity index (χ1) is 17.9. The molecule has 0 amide bonds. The molecule has 5 N–H and O–H groups in total. The van der Waals surface area contributed by atoms with Crippen LogP contribution in [0.15, 0.2) is 54.9 Å². The van der Waals surface area contributed by atoms with Crippen molar-refractivity contribution in [2.45, 2.75) is 38.8 Å². The second kappa shape index (κ2) is 11.4. The maximum atomic E-state index is 12.6. The number of benzene rings is 2. The van der Waals surface area contributed by atoms with Crippen molar-refractivity contribution in [2.24, 2.45) is 5.73 Å². The average molecular weight is 553 g/mol. The zero-order valence-corrected chi connectivity index (χ0v) is 23.3. The van der Waals surface area contributed by atoms with E-state index in [9.17, 15) is 4.55 Å². The van der Waals surface area contributed by atoms with E-state index < -0.39 is 11.4 Å². The molecule has 1 aliphatic rings. The molecule has 5 rings (SSSR count). The Balaban J connectivity index is 1.48. The minimum absolute atomic E-state index is 0.340. The minimum Gasteiger partial charge on any atom is -0.598 e. The van der Waals surface area contributed by atoms with Crippen LogP contribution in [0.2, 0.25) is 0 Å². The number of nitrogens with one attached hydrogen (secondary N) is 1. The molecule has 10 heteroatoms. The number of piperidine rings is 1. The van der Waals surface area contributed by atoms with Gasteiger partial charge in [-0.05, 0) is 42.5 Å². The Labute approximate surface area is 230 Å². The van der Waals surface area contributed by atoms with Crippen LogP contribution >= 0.6 is 23.6 Å². The van der Waals surface area contributed by atoms with Crippen LogP contribution in [0.5, 0.6) is 0 Å². The van der Waals surface area contributed by atoms with E-state index in [1.54, 1.807) is 6.20 Å². The molecule has 37 heavy (non-hydrogen) atoms. The third kappa shape index (κ3) is 5.78. The normalized spacial score (nSPS) is 15.7. The maximum absolute atomic E-state index is 12.6. The van der Waals surface area contributed by atoms with Crippen molar-refractivity contribution >= 4 is 60.9 Å². The summed E-state index contributed by atoms with van der Waals surface area (Å²) >= 11 is 5.80. The third-order valence-electron chi connectivity index (χ3n) is 6.81. The molecule has 194 valence electrons. The number of nitrogens with zero attached hydrogens (tertiary/aromatic N) is 3. The smallest absolute Gasteiger partial charge is 0.184 e. The number of aromatic nitrogens is 2. The molecule has 0 saturated carbocycles. The van der Waals surface area contributed by atoms with Crippen molar-refractivity contribution in [3.8, 4) is 11.1 Å². The third-order valence-corrected chi connectivity index (χ3v) is 9.53. The summed E-state index contributed by atoms with van der Waals surface area (Å²) in [6, 6.07) is 15.1. The monoisotopic (exact) mass is 552 g/mol. The first kappa shape index (κ1) is 26.0. The topological polar surface area (TPSA) is 108 Å². The number of hydrogen-bond donors (Lipinski definition) is 3. The molecule has 1 fully saturated rings. The van der Waals surface area contributed by atoms with Gasteiger partial charge < -0.3 is 25.9 Å². The van der Waals surface area contributed by atoms with Crippen molar-refractivity contribution in [1.29, 1.82) is 0 Å². The molecule has 0 spiro atoms. The van der Waals surface area contributed by atoms with Crippen LogP contribution in [0, 0.1) is 0 Å². The summed E-state index contributed by atoms with van der Waals surface area (Å²) < 4.78 is 17.1. The van der Waals surface area contributed by atoms with Gasteiger partial charge >= 0.3 is 0 Å². The maximum Gasteiger partial charge on any atom is 0.184 e. The molecule has 7 nitrogen and oxygen atoms in total. The number of nitrogen functional groups attached to an aromatic ring is 1. The van der Waals surface area contributed by atoms with E-state index in [1.807, 2.05) is 12.1 Å². The van der Waals surface area contributed by atoms with Crippen LogP contribution in [0.1, 0.15) is 43.4 Å². The standard InChI is InChI=1S/C27H32N6OS3/c1-2-12-37(34)32-10-8-21(9-11-32)33-17-23(19-4-3-5-20(14-19)26(29)35)22-7-6-18(13-24(22)33)15-30-27-31-16-25(28)36-27/h3-7,13-14,16-17,21H,2,8-12,15,28H2,1H3,(H2,29,35)(H,30,31). The predicted molar refractivity (Wildman–Crippen MR) is 160 cm³/mol. The Morgan fingerprint density at radius 1 is 1.24 bits per heavy atom. The quantitative estimate of drug-likeness (QED) is 0.191. The lowest BCUT2D eigenvalue weighted by Crippen LogP contribution is -2.40. The van der Waals surface area contributed by atoms with E-state index in [4.69, 9.17) is 23.7 Å². The molecule has 2 aromatic carbocycles. The van der Waals surface area contributed by atoms with Crippen molar-refractivity contribution < 1.29 is 4.55 Å². The van der Waals surface area contributed by atoms with E-state index in [0.29, 0.717) is 22.6 Å². The van der Waals surface area contributed by atoms with Gasteiger partial charge in [-0.25, -0.2) is 4.98 Å². The Kier molecular flexibility index (Phi) is 8.01. The number of nitrogens with two attached hydrogens (primary N) is 2. The molecule has 2 aromatic heterocycles. The van der Waals surface area contributed by atoms with E-state index >= 15 is 0 Å². The summed E-state index contributed by atoms with van der Waals surface area (Å²) in [7, 11) is 0. The molecule has 0 aliphatic carbocycles. The largest absolute Gasteiger partial charge is 0.598 e. The van der Waals surface area contributed by atoms with Gasteiger partial charge in [0.15, 0.2) is 5.13 Å². The number of fused-ring (bicyclic) bond motifs is 1. The highest BCUT2D eigenvalue weighted by Gasteiger charge is 2.28. The zero-order chi connectivity index (χ0) is 25.9. The zero-order valence-electron chi connectivity index (χ0n) is 20.9. The van der Waals surface area contributed by atoms with Crippen molar-refractivity contribution in [1.82, 2.24) is 13.9 Å². The molecular weight excluding hydrogens is 521 g/mol. The molecule has 1 aliphatic heterocycles. The molecule has 0 radical (unpaired) electrons. The van der Waals surface area contributed by atoms with Gasteiger partial charge in [0.2, 0.25) is 0 Å². The van der Waals surface area contributed by atoms with Gasteiger partial charge in [0.1, 0.15) is 15.7 Å². The lowest BCUT2D eigenvalue weighted by molar-refractivity contribution is 0.278. The molecule has 1 unspecified atom stereocenters. The van der Waals surface area contributed by atoms with Crippen molar-refractivity contribution in [3.63, 3.8) is 0 Å². The Bertz CT molecular complexity index is 1390. The SMILES string of the molecule is CCC[S+]([O-])N1CCC(n2cc(-c3cccc(C(N)=S)c3)c3ccc(CNc4ncc(N)s4)cc32)CC1. The highest BCUT2D eigenvalue weighted by atomic mass is 32.2. The second-order valence-electron chi connectivity index (χ2n) is 9.35. The van der Waals surface area contributed by atoms with Crippen LogP contribution in [-0.2, 0) is 17.9 Å². The lowest BCUT2D eigenvalue weighted by atomic mass is 10.0. The van der Waals surface area contributed by atoms with Gasteiger partial charge in [-0.1, -0.05) is 60.8 Å². The van der Waals surface area contributed by atoms with E-state index in [2.05, 4.69) is 62.6 Å². The summed E-state index contributed by atoms with van der Waals surface area (Å²) in [4.78, 5) is 4.71. The van der Waals surface area contributed by atoms with Gasteiger partial charge in [-0.3, -0.25) is 0 Å². The van der Waals surface area contributed by atoms with E-state index in [1.165, 1.54) is 27.8 Å². The van der Waals surface area contributed by atoms with E-state index in [-0.39, 0.29) is 0 Å². The highest BCUT2D eigenvalue weighted by molar-refractivity contribution is 7.89. The van der Waals surface area contributed by atoms with E-state index in [0.717, 1.165) is 59.9 Å². The number of hydrogen-bond acceptors (Lipinski definition) is 7. The predicted octanol–water partition coefficient (Wildman–Crippen LogP) is 5.30. The summed E-state index contributed by atoms with van der Waals surface area (Å²) in [5.41, 5.74) is 17.3. The Morgan fingerprint density at radius 2 is 2.05 bits per heavy atom. The fourth-order valence-electron chi connectivity index (χ4n) is 4.95. The first-order valence-electron chi connectivity index (χ1n) is 12.5. The van der Waals surface area contributed by atoms with Crippen LogP contribution < -0.4 is 16.8 Å². The number of rotatable bonds is 9. The fourth-order valence-corrected chi connectivity index (χ4v) is 6.88. The molecular formula is C27H32N6OS3. The summed E-state index contributed by atoms with van der Waals surface area (Å²) in [6.07, 6.45) is 6.81. The van der Waals surface area contributed by atoms with Crippen LogP contribution in [0.3, 0.4) is 0 Å². The molecule has 4 aromatic rings. The minimum atomic E-state index is -0.882. The molecule has 0 bridgehead atoms. The highest BCUT2D eigenvalue weighted by Crippen LogP contribution is 2.37. The second-order valence-corrected chi connectivity index (χ2v) is 12.4. The molecule has 1 saturated heterocycles. The average Bonchev–Trinajstić information content (AvgIpc) is 3.51. The molecule has 3 heterocycles. The summed E-state index contributed by atoms with van der Waals surface area (Å²) in [5, 5.41) is 6.09. The Hall–Kier alpha value is -2.63. The first-order valence-corrected chi connectivity index (χ1v) is 15.0. The number of thiazole rings is 1. The van der Waals surface area contributed by atoms with Crippen molar-refractivity contribution in [3.05, 3.63) is 66.0 Å². The van der Waals surface area contributed by atoms with Crippen LogP contribution in [0.4, 0.5) is 10.1 Å². The summed E-state index contributed by atoms with van der Waals surface area (Å²) in [5.74, 6) is 0.738. The van der Waals surface area contributed by atoms with Gasteiger partial charge in [0.05, 0.1) is 6.20 Å². The number of anilines is 2. The lowest BCUT2D eigenvalue weighted by Gasteiger charge is -2.33. The van der Waals surface area contributed by atoms with Gasteiger partial charge in [0, 0.05) is 65.3 Å². The van der Waals surface area contributed by atoms with Crippen LogP contribution in [-0.4, -0.2) is 42.2 Å². The Morgan fingerprint density at radius 3 is 2.76 bits per heavy atom. The number of thiocarbonyl (C=S) groups is 1. The van der Waals surface area contributed by atoms with Gasteiger partial charge in [0.25, 0.3) is 0 Å². The van der Waals surface area contributed by atoms with Crippen molar-refractivity contribution in [2.75, 3.05) is 29.9 Å². The molecule has 1 atom stereocenters.